The number of carbonyl (C=O) groups is 2. The van der Waals surface area contributed by atoms with Gasteiger partial charge in [0.15, 0.2) is 5.78 Å². The number of fused-ring (bicyclic) bond motifs is 1. The van der Waals surface area contributed by atoms with E-state index in [1.54, 1.807) is 6.92 Å². The molecule has 0 bridgehead atoms. The highest BCUT2D eigenvalue weighted by Crippen LogP contribution is 2.24. The summed E-state index contributed by atoms with van der Waals surface area (Å²) in [5.41, 5.74) is 5.38. The number of piperazine rings is 1. The molecule has 2 aromatic carbocycles. The van der Waals surface area contributed by atoms with Gasteiger partial charge in [-0.3, -0.25) is 14.6 Å². The molecule has 1 aliphatic heterocycles. The van der Waals surface area contributed by atoms with Gasteiger partial charge >= 0.3 is 0 Å². The number of hydrogen-bond acceptors (Lipinski definition) is 4. The van der Waals surface area contributed by atoms with Gasteiger partial charge < -0.3 is 9.80 Å². The molecule has 5 nitrogen and oxygen atoms in total. The second-order valence-corrected chi connectivity index (χ2v) is 7.66. The third-order valence-electron chi connectivity index (χ3n) is 5.61. The van der Waals surface area contributed by atoms with Gasteiger partial charge in [0.2, 0.25) is 0 Å². The summed E-state index contributed by atoms with van der Waals surface area (Å²) < 4.78 is 0. The van der Waals surface area contributed by atoms with Crippen molar-refractivity contribution in [2.75, 3.05) is 31.1 Å². The van der Waals surface area contributed by atoms with E-state index < -0.39 is 0 Å². The maximum Gasteiger partial charge on any atom is 0.254 e. The fourth-order valence-electron chi connectivity index (χ4n) is 3.94. The largest absolute Gasteiger partial charge is 0.368 e. The van der Waals surface area contributed by atoms with Crippen LogP contribution >= 0.6 is 0 Å². The van der Waals surface area contributed by atoms with Crippen molar-refractivity contribution in [2.45, 2.75) is 20.8 Å². The summed E-state index contributed by atoms with van der Waals surface area (Å²) in [6.07, 6.45) is 0. The van der Waals surface area contributed by atoms with Crippen LogP contribution < -0.4 is 4.90 Å². The molecule has 0 spiro atoms. The van der Waals surface area contributed by atoms with E-state index in [2.05, 4.69) is 9.88 Å². The average Bonchev–Trinajstić information content (AvgIpc) is 2.73. The van der Waals surface area contributed by atoms with Gasteiger partial charge in [-0.2, -0.15) is 0 Å². The predicted octanol–water partition coefficient (Wildman–Crippen LogP) is 4.02. The Morgan fingerprint density at radius 3 is 2.28 bits per heavy atom. The highest BCUT2D eigenvalue weighted by atomic mass is 16.2. The summed E-state index contributed by atoms with van der Waals surface area (Å²) in [4.78, 5) is 33.6. The third kappa shape index (κ3) is 3.73. The molecule has 1 aliphatic rings. The van der Waals surface area contributed by atoms with E-state index >= 15 is 0 Å². The second-order valence-electron chi connectivity index (χ2n) is 7.66. The Balaban J connectivity index is 1.52. The lowest BCUT2D eigenvalue weighted by atomic mass is 10.0. The van der Waals surface area contributed by atoms with Gasteiger partial charge in [0.25, 0.3) is 5.91 Å². The Labute approximate surface area is 171 Å². The topological polar surface area (TPSA) is 53.5 Å². The molecule has 2 heterocycles. The van der Waals surface area contributed by atoms with Crippen LogP contribution in [0.1, 0.15) is 38.9 Å². The first kappa shape index (κ1) is 19.1. The van der Waals surface area contributed by atoms with E-state index in [9.17, 15) is 9.59 Å². The van der Waals surface area contributed by atoms with Crippen LogP contribution in [0.15, 0.2) is 48.5 Å². The summed E-state index contributed by atoms with van der Waals surface area (Å²) in [6.45, 7) is 8.41. The fraction of sp³-hybridized carbons (Fsp3) is 0.292. The number of ketones is 1. The molecule has 3 aromatic rings. The summed E-state index contributed by atoms with van der Waals surface area (Å²) in [7, 11) is 0. The molecule has 1 saturated heterocycles. The standard InChI is InChI=1S/C24H25N3O2/c1-16-5-4-6-21-22(15-17(2)25-23(16)21)24(29)27-13-11-26(12-14-27)20-9-7-19(8-10-20)18(3)28/h4-10,15H,11-14H2,1-3H3. The van der Waals surface area contributed by atoms with Gasteiger partial charge in [-0.1, -0.05) is 18.2 Å². The summed E-state index contributed by atoms with van der Waals surface area (Å²) in [5.74, 6) is 0.139. The molecular formula is C24H25N3O2. The van der Waals surface area contributed by atoms with Gasteiger partial charge in [-0.25, -0.2) is 0 Å². The number of carbonyl (C=O) groups excluding carboxylic acids is 2. The van der Waals surface area contributed by atoms with Gasteiger partial charge in [0.05, 0.1) is 11.1 Å². The minimum atomic E-state index is 0.0673. The monoisotopic (exact) mass is 387 g/mol. The molecule has 4 rings (SSSR count). The van der Waals surface area contributed by atoms with Gasteiger partial charge in [-0.15, -0.1) is 0 Å². The summed E-state index contributed by atoms with van der Waals surface area (Å²) >= 11 is 0. The molecule has 0 radical (unpaired) electrons. The lowest BCUT2D eigenvalue weighted by molar-refractivity contribution is 0.0748. The van der Waals surface area contributed by atoms with E-state index in [0.29, 0.717) is 13.1 Å². The lowest BCUT2D eigenvalue weighted by Crippen LogP contribution is -2.48. The summed E-state index contributed by atoms with van der Waals surface area (Å²) in [5, 5.41) is 0.919. The van der Waals surface area contributed by atoms with Crippen molar-refractivity contribution in [2.24, 2.45) is 0 Å². The number of benzene rings is 2. The third-order valence-corrected chi connectivity index (χ3v) is 5.61. The van der Waals surface area contributed by atoms with Gasteiger partial charge in [0, 0.05) is 48.5 Å². The number of nitrogens with zero attached hydrogens (tertiary/aromatic N) is 3. The van der Waals surface area contributed by atoms with Crippen LogP contribution in [0.25, 0.3) is 10.9 Å². The Morgan fingerprint density at radius 2 is 1.62 bits per heavy atom. The SMILES string of the molecule is CC(=O)c1ccc(N2CCN(C(=O)c3cc(C)nc4c(C)cccc34)CC2)cc1. The minimum Gasteiger partial charge on any atom is -0.368 e. The number of rotatable bonds is 3. The first-order valence-corrected chi connectivity index (χ1v) is 9.96. The fourth-order valence-corrected chi connectivity index (χ4v) is 3.94. The molecule has 0 saturated carbocycles. The number of anilines is 1. The Morgan fingerprint density at radius 1 is 0.931 bits per heavy atom. The quantitative estimate of drug-likeness (QED) is 0.637. The van der Waals surface area contributed by atoms with E-state index in [1.165, 1.54) is 0 Å². The van der Waals surface area contributed by atoms with E-state index in [-0.39, 0.29) is 11.7 Å². The average molecular weight is 387 g/mol. The Kier molecular flexibility index (Phi) is 5.05. The van der Waals surface area contributed by atoms with Crippen molar-refractivity contribution >= 4 is 28.3 Å². The highest BCUT2D eigenvalue weighted by Gasteiger charge is 2.24. The molecular weight excluding hydrogens is 362 g/mol. The zero-order chi connectivity index (χ0) is 20.5. The number of para-hydroxylation sites is 1. The van der Waals surface area contributed by atoms with Crippen LogP contribution in [0.5, 0.6) is 0 Å². The van der Waals surface area contributed by atoms with Crippen molar-refractivity contribution in [3.8, 4) is 0 Å². The first-order chi connectivity index (χ1) is 13.9. The zero-order valence-corrected chi connectivity index (χ0v) is 17.1. The number of aromatic nitrogens is 1. The van der Waals surface area contributed by atoms with Crippen molar-refractivity contribution < 1.29 is 9.59 Å². The van der Waals surface area contributed by atoms with E-state index in [0.717, 1.165) is 52.1 Å². The van der Waals surface area contributed by atoms with Gasteiger partial charge in [0.1, 0.15) is 0 Å². The lowest BCUT2D eigenvalue weighted by Gasteiger charge is -2.36. The van der Waals surface area contributed by atoms with Crippen LogP contribution in [0.2, 0.25) is 0 Å². The number of hydrogen-bond donors (Lipinski definition) is 0. The zero-order valence-electron chi connectivity index (χ0n) is 17.1. The molecule has 1 aromatic heterocycles. The van der Waals surface area contributed by atoms with E-state index in [4.69, 9.17) is 0 Å². The Hall–Kier alpha value is -3.21. The molecule has 0 atom stereocenters. The first-order valence-electron chi connectivity index (χ1n) is 9.96. The maximum absolute atomic E-state index is 13.3. The normalized spacial score (nSPS) is 14.3. The van der Waals surface area contributed by atoms with Crippen molar-refractivity contribution in [3.63, 3.8) is 0 Å². The molecule has 1 amide bonds. The molecule has 29 heavy (non-hydrogen) atoms. The van der Waals surface area contributed by atoms with Crippen molar-refractivity contribution in [1.82, 2.24) is 9.88 Å². The number of pyridine rings is 1. The van der Waals surface area contributed by atoms with Crippen LogP contribution in [0.3, 0.4) is 0 Å². The van der Waals surface area contributed by atoms with Crippen LogP contribution in [-0.4, -0.2) is 47.8 Å². The minimum absolute atomic E-state index is 0.0673. The molecule has 0 aliphatic carbocycles. The molecule has 0 N–H and O–H groups in total. The molecule has 5 heteroatoms. The number of Topliss-reactive ketones (excluding diaryl/α,β-unsaturated/α-hetero) is 1. The van der Waals surface area contributed by atoms with Gasteiger partial charge in [-0.05, 0) is 56.7 Å². The smallest absolute Gasteiger partial charge is 0.254 e. The van der Waals surface area contributed by atoms with Crippen LogP contribution in [-0.2, 0) is 0 Å². The van der Waals surface area contributed by atoms with Crippen molar-refractivity contribution in [3.05, 3.63) is 70.9 Å². The molecule has 148 valence electrons. The predicted molar refractivity (Wildman–Crippen MR) is 116 cm³/mol. The number of aryl methyl sites for hydroxylation is 2. The summed E-state index contributed by atoms with van der Waals surface area (Å²) in [6, 6.07) is 15.6. The molecule has 1 fully saturated rings. The second kappa shape index (κ2) is 7.66. The highest BCUT2D eigenvalue weighted by molar-refractivity contribution is 6.06. The van der Waals surface area contributed by atoms with Crippen LogP contribution in [0.4, 0.5) is 5.69 Å². The Bertz CT molecular complexity index is 1080. The van der Waals surface area contributed by atoms with Crippen molar-refractivity contribution in [1.29, 1.82) is 0 Å². The van der Waals surface area contributed by atoms with Crippen LogP contribution in [0, 0.1) is 13.8 Å². The molecule has 0 unspecified atom stereocenters. The maximum atomic E-state index is 13.3. The van der Waals surface area contributed by atoms with E-state index in [1.807, 2.05) is 67.3 Å². The number of amides is 1.